The predicted molar refractivity (Wildman–Crippen MR) is 74.6 cm³/mol. The van der Waals surface area contributed by atoms with Crippen LogP contribution in [0.25, 0.3) is 0 Å². The first-order chi connectivity index (χ1) is 9.31. The number of phenols is 1. The Morgan fingerprint density at radius 3 is 2.89 bits per heavy atom. The Balaban J connectivity index is 1.60. The van der Waals surface area contributed by atoms with Crippen LogP contribution in [0.4, 0.5) is 0 Å². The van der Waals surface area contributed by atoms with Crippen molar-refractivity contribution < 1.29 is 9.84 Å². The second-order valence-electron chi connectivity index (χ2n) is 5.35. The summed E-state index contributed by atoms with van der Waals surface area (Å²) in [6, 6.07) is 7.57. The number of phenolic OH excluding ortho intramolecular Hbond substituents is 1. The van der Waals surface area contributed by atoms with Crippen molar-refractivity contribution in [3.8, 4) is 5.75 Å². The third-order valence-corrected chi connectivity index (χ3v) is 3.79. The summed E-state index contributed by atoms with van der Waals surface area (Å²) in [5.74, 6) is 1.71. The third-order valence-electron chi connectivity index (χ3n) is 3.79. The van der Waals surface area contributed by atoms with Gasteiger partial charge in [0.25, 0.3) is 0 Å². The molecule has 1 fully saturated rings. The molecule has 2 N–H and O–H groups in total. The predicted octanol–water partition coefficient (Wildman–Crippen LogP) is 1.73. The average molecular weight is 260 g/mol. The van der Waals surface area contributed by atoms with Crippen molar-refractivity contribution >= 4 is 5.90 Å². The molecule has 0 radical (unpaired) electrons. The van der Waals surface area contributed by atoms with Gasteiger partial charge in [0.2, 0.25) is 0 Å². The maximum Gasteiger partial charge on any atom is 0.188 e. The van der Waals surface area contributed by atoms with Gasteiger partial charge in [0.1, 0.15) is 12.4 Å². The van der Waals surface area contributed by atoms with E-state index in [-0.39, 0.29) is 6.04 Å². The van der Waals surface area contributed by atoms with Crippen LogP contribution in [0.2, 0.25) is 0 Å². The van der Waals surface area contributed by atoms with Gasteiger partial charge in [-0.3, -0.25) is 0 Å². The highest BCUT2D eigenvalue weighted by Crippen LogP contribution is 2.20. The number of aromatic hydroxyl groups is 1. The maximum atomic E-state index is 9.27. The fourth-order valence-corrected chi connectivity index (χ4v) is 2.73. The van der Waals surface area contributed by atoms with Crippen molar-refractivity contribution in [1.82, 2.24) is 5.32 Å². The second kappa shape index (κ2) is 5.61. The summed E-state index contributed by atoms with van der Waals surface area (Å²) in [6.45, 7) is 2.79. The van der Waals surface area contributed by atoms with Crippen molar-refractivity contribution in [2.45, 2.75) is 25.3 Å². The van der Waals surface area contributed by atoms with Gasteiger partial charge in [0.05, 0.1) is 6.04 Å². The van der Waals surface area contributed by atoms with Crippen LogP contribution in [0, 0.1) is 5.92 Å². The van der Waals surface area contributed by atoms with Crippen molar-refractivity contribution in [2.75, 3.05) is 19.7 Å². The zero-order chi connectivity index (χ0) is 13.1. The zero-order valence-electron chi connectivity index (χ0n) is 11.0. The summed E-state index contributed by atoms with van der Waals surface area (Å²) >= 11 is 0. The molecule has 0 saturated carbocycles. The fraction of sp³-hybridized carbons (Fsp3) is 0.533. The van der Waals surface area contributed by atoms with E-state index in [9.17, 15) is 5.11 Å². The van der Waals surface area contributed by atoms with E-state index in [1.165, 1.54) is 18.4 Å². The number of rotatable bonds is 3. The Morgan fingerprint density at radius 1 is 1.32 bits per heavy atom. The van der Waals surface area contributed by atoms with Crippen LogP contribution in [-0.4, -0.2) is 36.7 Å². The number of piperidine rings is 1. The van der Waals surface area contributed by atoms with E-state index >= 15 is 0 Å². The molecule has 19 heavy (non-hydrogen) atoms. The zero-order valence-corrected chi connectivity index (χ0v) is 11.0. The molecule has 2 heterocycles. The van der Waals surface area contributed by atoms with Crippen LogP contribution in [0.5, 0.6) is 5.75 Å². The summed E-state index contributed by atoms with van der Waals surface area (Å²) in [5, 5.41) is 12.7. The number of nitrogens with one attached hydrogen (secondary N) is 1. The van der Waals surface area contributed by atoms with Gasteiger partial charge in [0, 0.05) is 12.5 Å². The molecule has 2 atom stereocenters. The van der Waals surface area contributed by atoms with Crippen molar-refractivity contribution in [2.24, 2.45) is 10.9 Å². The quantitative estimate of drug-likeness (QED) is 0.870. The first kappa shape index (κ1) is 12.5. The van der Waals surface area contributed by atoms with Gasteiger partial charge in [-0.1, -0.05) is 12.1 Å². The second-order valence-corrected chi connectivity index (χ2v) is 5.35. The van der Waals surface area contributed by atoms with Crippen molar-refractivity contribution in [3.63, 3.8) is 0 Å². The molecule has 102 valence electrons. The average Bonchev–Trinajstić information content (AvgIpc) is 2.91. The van der Waals surface area contributed by atoms with Crippen molar-refractivity contribution in [1.29, 1.82) is 0 Å². The van der Waals surface area contributed by atoms with E-state index < -0.39 is 0 Å². The molecule has 2 unspecified atom stereocenters. The van der Waals surface area contributed by atoms with Crippen molar-refractivity contribution in [3.05, 3.63) is 29.8 Å². The highest BCUT2D eigenvalue weighted by atomic mass is 16.5. The molecule has 2 aliphatic rings. The normalized spacial score (nSPS) is 26.8. The lowest BCUT2D eigenvalue weighted by Gasteiger charge is -2.21. The summed E-state index contributed by atoms with van der Waals surface area (Å²) in [4.78, 5) is 4.72. The number of benzene rings is 1. The molecule has 0 amide bonds. The van der Waals surface area contributed by atoms with Crippen LogP contribution >= 0.6 is 0 Å². The summed E-state index contributed by atoms with van der Waals surface area (Å²) in [6.07, 6.45) is 3.26. The topological polar surface area (TPSA) is 53.9 Å². The Morgan fingerprint density at radius 2 is 2.16 bits per heavy atom. The maximum absolute atomic E-state index is 9.27. The Bertz CT molecular complexity index is 450. The number of hydrogen-bond acceptors (Lipinski definition) is 4. The number of aliphatic imine (C=N–C) groups is 1. The van der Waals surface area contributed by atoms with E-state index in [0.717, 1.165) is 25.4 Å². The SMILES string of the molecule is Oc1ccc(CC2COC(C3CCCNC3)=N2)cc1. The lowest BCUT2D eigenvalue weighted by molar-refractivity contribution is 0.285. The van der Waals surface area contributed by atoms with Gasteiger partial charge >= 0.3 is 0 Å². The molecule has 4 nitrogen and oxygen atoms in total. The molecule has 4 heteroatoms. The highest BCUT2D eigenvalue weighted by Gasteiger charge is 2.27. The fourth-order valence-electron chi connectivity index (χ4n) is 2.73. The van der Waals surface area contributed by atoms with Gasteiger partial charge < -0.3 is 15.2 Å². The molecular formula is C15H20N2O2. The Hall–Kier alpha value is -1.55. The summed E-state index contributed by atoms with van der Waals surface area (Å²) in [7, 11) is 0. The van der Waals surface area contributed by atoms with Gasteiger partial charge in [-0.05, 0) is 43.5 Å². The molecule has 0 aliphatic carbocycles. The minimum Gasteiger partial charge on any atom is -0.508 e. The molecule has 0 bridgehead atoms. The summed E-state index contributed by atoms with van der Waals surface area (Å²) < 4.78 is 5.76. The molecular weight excluding hydrogens is 240 g/mol. The van der Waals surface area contributed by atoms with E-state index in [2.05, 4.69) is 5.32 Å². The first-order valence-electron chi connectivity index (χ1n) is 7.00. The monoisotopic (exact) mass is 260 g/mol. The number of nitrogens with zero attached hydrogens (tertiary/aromatic N) is 1. The molecule has 0 aromatic heterocycles. The largest absolute Gasteiger partial charge is 0.508 e. The van der Waals surface area contributed by atoms with E-state index in [0.29, 0.717) is 18.3 Å². The van der Waals surface area contributed by atoms with Gasteiger partial charge in [-0.15, -0.1) is 0 Å². The van der Waals surface area contributed by atoms with E-state index in [1.807, 2.05) is 12.1 Å². The minimum absolute atomic E-state index is 0.224. The van der Waals surface area contributed by atoms with Gasteiger partial charge in [-0.2, -0.15) is 0 Å². The van der Waals surface area contributed by atoms with Crippen LogP contribution in [0.3, 0.4) is 0 Å². The smallest absolute Gasteiger partial charge is 0.188 e. The van der Waals surface area contributed by atoms with Gasteiger partial charge in [-0.25, -0.2) is 4.99 Å². The van der Waals surface area contributed by atoms with Crippen LogP contribution < -0.4 is 5.32 Å². The standard InChI is InChI=1S/C15H20N2O2/c18-14-5-3-11(4-6-14)8-13-10-19-15(17-13)12-2-1-7-16-9-12/h3-6,12-13,16,18H,1-2,7-10H2. The number of hydrogen-bond donors (Lipinski definition) is 2. The molecule has 3 rings (SSSR count). The van der Waals surface area contributed by atoms with Crippen LogP contribution in [0.15, 0.2) is 29.3 Å². The lowest BCUT2D eigenvalue weighted by Crippen LogP contribution is -2.34. The Labute approximate surface area is 113 Å². The Kier molecular flexibility index (Phi) is 3.69. The molecule has 2 aliphatic heterocycles. The van der Waals surface area contributed by atoms with Crippen LogP contribution in [-0.2, 0) is 11.2 Å². The molecule has 0 spiro atoms. The third kappa shape index (κ3) is 3.07. The molecule has 1 saturated heterocycles. The highest BCUT2D eigenvalue weighted by molar-refractivity contribution is 5.80. The van der Waals surface area contributed by atoms with Gasteiger partial charge in [0.15, 0.2) is 5.90 Å². The summed E-state index contributed by atoms with van der Waals surface area (Å²) in [5.41, 5.74) is 1.19. The number of ether oxygens (including phenoxy) is 1. The van der Waals surface area contributed by atoms with E-state index in [1.54, 1.807) is 12.1 Å². The van der Waals surface area contributed by atoms with E-state index in [4.69, 9.17) is 9.73 Å². The minimum atomic E-state index is 0.224. The molecule has 1 aromatic rings. The lowest BCUT2D eigenvalue weighted by atomic mass is 9.99. The van der Waals surface area contributed by atoms with Crippen LogP contribution in [0.1, 0.15) is 18.4 Å². The first-order valence-corrected chi connectivity index (χ1v) is 7.00. The molecule has 1 aromatic carbocycles.